The van der Waals surface area contributed by atoms with Gasteiger partial charge in [0.05, 0.1) is 6.07 Å². The van der Waals surface area contributed by atoms with Crippen molar-refractivity contribution in [1.82, 2.24) is 15.1 Å². The molecular weight excluding hydrogens is 236 g/mol. The van der Waals surface area contributed by atoms with Gasteiger partial charge in [0.1, 0.15) is 5.54 Å². The molecule has 1 atom stereocenters. The fourth-order valence-corrected chi connectivity index (χ4v) is 2.11. The SMILES string of the molecule is CCNC(C)(C#N)CCN(CCN(C)C)CC(C)C. The summed E-state index contributed by atoms with van der Waals surface area (Å²) < 4.78 is 0. The van der Waals surface area contributed by atoms with Gasteiger partial charge in [-0.3, -0.25) is 5.32 Å². The van der Waals surface area contributed by atoms with E-state index in [1.54, 1.807) is 0 Å². The van der Waals surface area contributed by atoms with Crippen molar-refractivity contribution >= 4 is 0 Å². The third kappa shape index (κ3) is 8.99. The number of nitrogens with one attached hydrogen (secondary N) is 1. The van der Waals surface area contributed by atoms with E-state index in [2.05, 4.69) is 49.1 Å². The van der Waals surface area contributed by atoms with Gasteiger partial charge in [-0.15, -0.1) is 0 Å². The van der Waals surface area contributed by atoms with E-state index in [9.17, 15) is 5.26 Å². The molecule has 0 aliphatic carbocycles. The molecular formula is C15H32N4. The normalized spacial score (nSPS) is 14.9. The molecule has 19 heavy (non-hydrogen) atoms. The first-order valence-corrected chi connectivity index (χ1v) is 7.36. The Balaban J connectivity index is 4.34. The molecule has 0 aliphatic rings. The highest BCUT2D eigenvalue weighted by molar-refractivity contribution is 5.03. The molecule has 0 aromatic rings. The standard InChI is InChI=1S/C15H32N4/c1-7-17-15(4,13-16)8-9-19(12-14(2)3)11-10-18(5)6/h14,17H,7-12H2,1-6H3. The van der Waals surface area contributed by atoms with Gasteiger partial charge in [-0.25, -0.2) is 0 Å². The summed E-state index contributed by atoms with van der Waals surface area (Å²) >= 11 is 0. The van der Waals surface area contributed by atoms with Crippen molar-refractivity contribution in [3.05, 3.63) is 0 Å². The molecule has 1 N–H and O–H groups in total. The van der Waals surface area contributed by atoms with Crippen LogP contribution in [0.2, 0.25) is 0 Å². The van der Waals surface area contributed by atoms with Gasteiger partial charge < -0.3 is 9.80 Å². The molecule has 0 aliphatic heterocycles. The first-order chi connectivity index (χ1) is 8.83. The van der Waals surface area contributed by atoms with Crippen LogP contribution in [-0.2, 0) is 0 Å². The maximum atomic E-state index is 9.29. The molecule has 4 heteroatoms. The summed E-state index contributed by atoms with van der Waals surface area (Å²) in [5.41, 5.74) is -0.401. The molecule has 0 rings (SSSR count). The van der Waals surface area contributed by atoms with Gasteiger partial charge in [0, 0.05) is 26.2 Å². The smallest absolute Gasteiger partial charge is 0.105 e. The third-order valence-corrected chi connectivity index (χ3v) is 3.23. The zero-order valence-electron chi connectivity index (χ0n) is 13.7. The van der Waals surface area contributed by atoms with Crippen molar-refractivity contribution < 1.29 is 0 Å². The summed E-state index contributed by atoms with van der Waals surface area (Å²) in [4.78, 5) is 4.68. The fraction of sp³-hybridized carbons (Fsp3) is 0.933. The lowest BCUT2D eigenvalue weighted by atomic mass is 9.99. The minimum Gasteiger partial charge on any atom is -0.308 e. The largest absolute Gasteiger partial charge is 0.308 e. The predicted octanol–water partition coefficient (Wildman–Crippen LogP) is 1.79. The number of hydrogen-bond acceptors (Lipinski definition) is 4. The minimum atomic E-state index is -0.401. The fourth-order valence-electron chi connectivity index (χ4n) is 2.11. The van der Waals surface area contributed by atoms with E-state index in [0.717, 1.165) is 39.1 Å². The second-order valence-electron chi connectivity index (χ2n) is 6.22. The Morgan fingerprint density at radius 3 is 2.26 bits per heavy atom. The monoisotopic (exact) mass is 268 g/mol. The van der Waals surface area contributed by atoms with Gasteiger partial charge >= 0.3 is 0 Å². The first kappa shape index (κ1) is 18.4. The maximum Gasteiger partial charge on any atom is 0.105 e. The highest BCUT2D eigenvalue weighted by Gasteiger charge is 2.23. The Hall–Kier alpha value is -0.630. The van der Waals surface area contributed by atoms with Gasteiger partial charge in [0.15, 0.2) is 0 Å². The lowest BCUT2D eigenvalue weighted by Crippen LogP contribution is -2.45. The molecule has 4 nitrogen and oxygen atoms in total. The predicted molar refractivity (Wildman–Crippen MR) is 82.1 cm³/mol. The maximum absolute atomic E-state index is 9.29. The third-order valence-electron chi connectivity index (χ3n) is 3.23. The van der Waals surface area contributed by atoms with Crippen LogP contribution in [0.3, 0.4) is 0 Å². The van der Waals surface area contributed by atoms with E-state index in [-0.39, 0.29) is 0 Å². The van der Waals surface area contributed by atoms with Crippen LogP contribution >= 0.6 is 0 Å². The number of likely N-dealkylation sites (N-methyl/N-ethyl adjacent to an activating group) is 1. The number of nitriles is 1. The lowest BCUT2D eigenvalue weighted by Gasteiger charge is -2.30. The summed E-state index contributed by atoms with van der Waals surface area (Å²) in [6.45, 7) is 13.6. The molecule has 0 heterocycles. The highest BCUT2D eigenvalue weighted by Crippen LogP contribution is 2.10. The summed E-state index contributed by atoms with van der Waals surface area (Å²) in [5.74, 6) is 0.662. The van der Waals surface area contributed by atoms with E-state index in [0.29, 0.717) is 5.92 Å². The minimum absolute atomic E-state index is 0.401. The molecule has 0 fully saturated rings. The summed E-state index contributed by atoms with van der Waals surface area (Å²) in [6.07, 6.45) is 0.873. The zero-order valence-corrected chi connectivity index (χ0v) is 13.7. The van der Waals surface area contributed by atoms with Gasteiger partial charge in [-0.1, -0.05) is 20.8 Å². The first-order valence-electron chi connectivity index (χ1n) is 7.36. The Morgan fingerprint density at radius 1 is 1.21 bits per heavy atom. The molecule has 0 radical (unpaired) electrons. The van der Waals surface area contributed by atoms with Crippen molar-refractivity contribution in [1.29, 1.82) is 5.26 Å². The van der Waals surface area contributed by atoms with E-state index in [4.69, 9.17) is 0 Å². The number of nitrogens with zero attached hydrogens (tertiary/aromatic N) is 3. The molecule has 0 amide bonds. The zero-order chi connectivity index (χ0) is 14.9. The molecule has 0 saturated carbocycles. The molecule has 0 bridgehead atoms. The Morgan fingerprint density at radius 2 is 1.84 bits per heavy atom. The van der Waals surface area contributed by atoms with Gasteiger partial charge in [0.25, 0.3) is 0 Å². The summed E-state index contributed by atoms with van der Waals surface area (Å²) in [7, 11) is 4.21. The van der Waals surface area contributed by atoms with Crippen LogP contribution < -0.4 is 5.32 Å². The van der Waals surface area contributed by atoms with Crippen LogP contribution in [0.5, 0.6) is 0 Å². The molecule has 0 spiro atoms. The van der Waals surface area contributed by atoms with Gasteiger partial charge in [-0.05, 0) is 39.9 Å². The Kier molecular flexibility index (Phi) is 8.99. The Bertz CT molecular complexity index is 270. The average molecular weight is 268 g/mol. The number of hydrogen-bond donors (Lipinski definition) is 1. The van der Waals surface area contributed by atoms with E-state index >= 15 is 0 Å². The van der Waals surface area contributed by atoms with E-state index in [1.807, 2.05) is 13.8 Å². The highest BCUT2D eigenvalue weighted by atomic mass is 15.2. The lowest BCUT2D eigenvalue weighted by molar-refractivity contribution is 0.202. The topological polar surface area (TPSA) is 42.3 Å². The second-order valence-corrected chi connectivity index (χ2v) is 6.22. The summed E-state index contributed by atoms with van der Waals surface area (Å²) in [5, 5.41) is 12.6. The van der Waals surface area contributed by atoms with E-state index in [1.165, 1.54) is 0 Å². The van der Waals surface area contributed by atoms with Crippen molar-refractivity contribution in [2.24, 2.45) is 5.92 Å². The van der Waals surface area contributed by atoms with E-state index < -0.39 is 5.54 Å². The second kappa shape index (κ2) is 9.30. The van der Waals surface area contributed by atoms with Crippen LogP contribution in [0.1, 0.15) is 34.1 Å². The van der Waals surface area contributed by atoms with Crippen LogP contribution in [0.25, 0.3) is 0 Å². The number of rotatable bonds is 10. The van der Waals surface area contributed by atoms with Crippen molar-refractivity contribution in [3.63, 3.8) is 0 Å². The molecule has 1 unspecified atom stereocenters. The van der Waals surface area contributed by atoms with Crippen LogP contribution in [0.4, 0.5) is 0 Å². The Labute approximate surface area is 119 Å². The summed E-state index contributed by atoms with van der Waals surface area (Å²) in [6, 6.07) is 2.40. The van der Waals surface area contributed by atoms with Crippen molar-refractivity contribution in [2.75, 3.05) is 46.8 Å². The van der Waals surface area contributed by atoms with Crippen LogP contribution in [-0.4, -0.2) is 62.2 Å². The quantitative estimate of drug-likeness (QED) is 0.656. The molecule has 112 valence electrons. The van der Waals surface area contributed by atoms with Crippen molar-refractivity contribution in [2.45, 2.75) is 39.7 Å². The van der Waals surface area contributed by atoms with Gasteiger partial charge in [-0.2, -0.15) is 5.26 Å². The molecule has 0 aromatic heterocycles. The average Bonchev–Trinajstić information content (AvgIpc) is 2.32. The van der Waals surface area contributed by atoms with Crippen molar-refractivity contribution in [3.8, 4) is 6.07 Å². The van der Waals surface area contributed by atoms with Crippen LogP contribution in [0, 0.1) is 17.2 Å². The van der Waals surface area contributed by atoms with Crippen LogP contribution in [0.15, 0.2) is 0 Å². The molecule has 0 saturated heterocycles. The molecule has 0 aromatic carbocycles. The van der Waals surface area contributed by atoms with Gasteiger partial charge in [0.2, 0.25) is 0 Å².